The van der Waals surface area contributed by atoms with Crippen LogP contribution < -0.4 is 20.1 Å². The van der Waals surface area contributed by atoms with E-state index in [1.54, 1.807) is 23.1 Å². The fourth-order valence-electron chi connectivity index (χ4n) is 3.36. The molecule has 0 saturated carbocycles. The van der Waals surface area contributed by atoms with Crippen molar-refractivity contribution in [1.29, 1.82) is 0 Å². The highest BCUT2D eigenvalue weighted by Gasteiger charge is 2.35. The molecule has 2 N–H and O–H groups in total. The fraction of sp³-hybridized carbons (Fsp3) is 0.333. The van der Waals surface area contributed by atoms with Gasteiger partial charge in [0.15, 0.2) is 0 Å². The van der Waals surface area contributed by atoms with Crippen molar-refractivity contribution >= 4 is 23.3 Å². The highest BCUT2D eigenvalue weighted by atomic mass is 16.5. The molecule has 148 valence electrons. The van der Waals surface area contributed by atoms with Gasteiger partial charge in [0, 0.05) is 12.2 Å². The van der Waals surface area contributed by atoms with Crippen molar-refractivity contribution in [2.45, 2.75) is 25.8 Å². The van der Waals surface area contributed by atoms with Crippen molar-refractivity contribution in [3.8, 4) is 11.5 Å². The van der Waals surface area contributed by atoms with Crippen LogP contribution in [0.5, 0.6) is 11.5 Å². The second kappa shape index (κ2) is 8.65. The van der Waals surface area contributed by atoms with Crippen LogP contribution in [0, 0.1) is 6.92 Å². The maximum atomic E-state index is 12.9. The predicted molar refractivity (Wildman–Crippen MR) is 108 cm³/mol. The zero-order chi connectivity index (χ0) is 20.1. The normalized spacial score (nSPS) is 15.8. The molecule has 0 radical (unpaired) electrons. The SMILES string of the molecule is COc1cccc(OC)c1NC(=O)C1CCCN1C(=O)Nc1ccccc1C. The molecule has 0 bridgehead atoms. The Morgan fingerprint density at radius 2 is 1.68 bits per heavy atom. The number of benzene rings is 2. The number of aryl methyl sites for hydroxylation is 1. The van der Waals surface area contributed by atoms with Gasteiger partial charge >= 0.3 is 6.03 Å². The second-order valence-corrected chi connectivity index (χ2v) is 6.62. The van der Waals surface area contributed by atoms with Gasteiger partial charge in [-0.2, -0.15) is 0 Å². The number of hydrogen-bond donors (Lipinski definition) is 2. The summed E-state index contributed by atoms with van der Waals surface area (Å²) < 4.78 is 10.7. The fourth-order valence-corrected chi connectivity index (χ4v) is 3.36. The molecule has 28 heavy (non-hydrogen) atoms. The van der Waals surface area contributed by atoms with Gasteiger partial charge in [-0.1, -0.05) is 24.3 Å². The van der Waals surface area contributed by atoms with Crippen molar-refractivity contribution in [2.24, 2.45) is 0 Å². The third kappa shape index (κ3) is 4.03. The molecule has 7 nitrogen and oxygen atoms in total. The van der Waals surface area contributed by atoms with E-state index in [1.165, 1.54) is 14.2 Å². The molecular formula is C21H25N3O4. The molecule has 0 aliphatic carbocycles. The number of nitrogens with zero attached hydrogens (tertiary/aromatic N) is 1. The van der Waals surface area contributed by atoms with E-state index in [4.69, 9.17) is 9.47 Å². The molecule has 1 unspecified atom stereocenters. The molecule has 3 amide bonds. The Balaban J connectivity index is 1.75. The molecule has 7 heteroatoms. The first kappa shape index (κ1) is 19.5. The lowest BCUT2D eigenvalue weighted by Gasteiger charge is -2.25. The van der Waals surface area contributed by atoms with E-state index in [0.29, 0.717) is 30.2 Å². The average Bonchev–Trinajstić information content (AvgIpc) is 3.20. The number of carbonyl (C=O) groups is 2. The highest BCUT2D eigenvalue weighted by molar-refractivity contribution is 6.01. The van der Waals surface area contributed by atoms with Crippen molar-refractivity contribution in [3.05, 3.63) is 48.0 Å². The largest absolute Gasteiger partial charge is 0.494 e. The number of likely N-dealkylation sites (tertiary alicyclic amines) is 1. The molecular weight excluding hydrogens is 358 g/mol. The maximum absolute atomic E-state index is 12.9. The van der Waals surface area contributed by atoms with Crippen molar-refractivity contribution < 1.29 is 19.1 Å². The first-order valence-corrected chi connectivity index (χ1v) is 9.20. The highest BCUT2D eigenvalue weighted by Crippen LogP contribution is 2.35. The number of hydrogen-bond acceptors (Lipinski definition) is 4. The van der Waals surface area contributed by atoms with Crippen LogP contribution in [-0.4, -0.2) is 43.6 Å². The molecule has 1 aliphatic heterocycles. The summed E-state index contributed by atoms with van der Waals surface area (Å²) in [6.45, 7) is 2.45. The Morgan fingerprint density at radius 3 is 2.32 bits per heavy atom. The molecule has 3 rings (SSSR count). The molecule has 2 aromatic carbocycles. The lowest BCUT2D eigenvalue weighted by atomic mass is 10.2. The lowest BCUT2D eigenvalue weighted by Crippen LogP contribution is -2.45. The van der Waals surface area contributed by atoms with E-state index < -0.39 is 6.04 Å². The molecule has 1 atom stereocenters. The molecule has 0 aromatic heterocycles. The van der Waals surface area contributed by atoms with Crippen LogP contribution in [0.3, 0.4) is 0 Å². The van der Waals surface area contributed by atoms with Gasteiger partial charge in [0.25, 0.3) is 0 Å². The smallest absolute Gasteiger partial charge is 0.322 e. The molecule has 1 fully saturated rings. The molecule has 0 spiro atoms. The first-order valence-electron chi connectivity index (χ1n) is 9.20. The first-order chi connectivity index (χ1) is 13.5. The molecule has 1 saturated heterocycles. The van der Waals surface area contributed by atoms with Gasteiger partial charge < -0.3 is 25.0 Å². The topological polar surface area (TPSA) is 79.9 Å². The minimum absolute atomic E-state index is 0.264. The van der Waals surface area contributed by atoms with Gasteiger partial charge in [0.1, 0.15) is 23.2 Å². The quantitative estimate of drug-likeness (QED) is 0.826. The molecule has 1 aliphatic rings. The number of rotatable bonds is 5. The number of anilines is 2. The minimum atomic E-state index is -0.557. The summed E-state index contributed by atoms with van der Waals surface area (Å²) in [5, 5.41) is 5.78. The van der Waals surface area contributed by atoms with E-state index in [0.717, 1.165) is 17.7 Å². The summed E-state index contributed by atoms with van der Waals surface area (Å²) in [7, 11) is 3.06. The van der Waals surface area contributed by atoms with E-state index in [2.05, 4.69) is 10.6 Å². The number of amides is 3. The third-order valence-corrected chi connectivity index (χ3v) is 4.88. The zero-order valence-electron chi connectivity index (χ0n) is 16.3. The van der Waals surface area contributed by atoms with Gasteiger partial charge in [-0.15, -0.1) is 0 Å². The van der Waals surface area contributed by atoms with Crippen molar-refractivity contribution in [1.82, 2.24) is 4.90 Å². The van der Waals surface area contributed by atoms with Gasteiger partial charge in [0.05, 0.1) is 14.2 Å². The van der Waals surface area contributed by atoms with Gasteiger partial charge in [-0.05, 0) is 43.5 Å². The van der Waals surface area contributed by atoms with E-state index in [1.807, 2.05) is 31.2 Å². The lowest BCUT2D eigenvalue weighted by molar-refractivity contribution is -0.119. The summed E-state index contributed by atoms with van der Waals surface area (Å²) in [5.74, 6) is 0.739. The second-order valence-electron chi connectivity index (χ2n) is 6.62. The predicted octanol–water partition coefficient (Wildman–Crippen LogP) is 3.65. The van der Waals surface area contributed by atoms with Crippen LogP contribution >= 0.6 is 0 Å². The summed E-state index contributed by atoms with van der Waals surface area (Å²) in [4.78, 5) is 27.3. The van der Waals surface area contributed by atoms with Crippen molar-refractivity contribution in [2.75, 3.05) is 31.4 Å². The van der Waals surface area contributed by atoms with Crippen LogP contribution in [0.25, 0.3) is 0 Å². The number of ether oxygens (including phenoxy) is 2. The van der Waals surface area contributed by atoms with E-state index in [-0.39, 0.29) is 11.9 Å². The summed E-state index contributed by atoms with van der Waals surface area (Å²) in [6, 6.07) is 12.0. The van der Waals surface area contributed by atoms with Crippen molar-refractivity contribution in [3.63, 3.8) is 0 Å². The van der Waals surface area contributed by atoms with Crippen LogP contribution in [0.2, 0.25) is 0 Å². The number of nitrogens with one attached hydrogen (secondary N) is 2. The van der Waals surface area contributed by atoms with E-state index >= 15 is 0 Å². The summed E-state index contributed by atoms with van der Waals surface area (Å²) >= 11 is 0. The van der Waals surface area contributed by atoms with Gasteiger partial charge in [-0.25, -0.2) is 4.79 Å². The Kier molecular flexibility index (Phi) is 6.03. The molecule has 2 aromatic rings. The zero-order valence-corrected chi connectivity index (χ0v) is 16.3. The van der Waals surface area contributed by atoms with Crippen LogP contribution in [0.1, 0.15) is 18.4 Å². The Bertz CT molecular complexity index is 846. The van der Waals surface area contributed by atoms with Crippen LogP contribution in [-0.2, 0) is 4.79 Å². The number of para-hydroxylation sites is 2. The summed E-state index contributed by atoms with van der Waals surface area (Å²) in [5.41, 5.74) is 2.17. The monoisotopic (exact) mass is 383 g/mol. The van der Waals surface area contributed by atoms with E-state index in [9.17, 15) is 9.59 Å². The Labute approximate surface area is 164 Å². The number of urea groups is 1. The van der Waals surface area contributed by atoms with Crippen LogP contribution in [0.15, 0.2) is 42.5 Å². The average molecular weight is 383 g/mol. The number of carbonyl (C=O) groups excluding carboxylic acids is 2. The summed E-state index contributed by atoms with van der Waals surface area (Å²) in [6.07, 6.45) is 1.37. The van der Waals surface area contributed by atoms with Gasteiger partial charge in [0.2, 0.25) is 5.91 Å². The Morgan fingerprint density at radius 1 is 1.00 bits per heavy atom. The maximum Gasteiger partial charge on any atom is 0.322 e. The number of methoxy groups -OCH3 is 2. The minimum Gasteiger partial charge on any atom is -0.494 e. The molecule has 1 heterocycles. The third-order valence-electron chi connectivity index (χ3n) is 4.88. The van der Waals surface area contributed by atoms with Crippen LogP contribution in [0.4, 0.5) is 16.2 Å². The van der Waals surface area contributed by atoms with Gasteiger partial charge in [-0.3, -0.25) is 4.79 Å². The standard InChI is InChI=1S/C21H25N3O4/c1-14-8-4-5-9-15(14)22-21(26)24-13-7-10-16(24)20(25)23-19-17(27-2)11-6-12-18(19)28-3/h4-6,8-9,11-12,16H,7,10,13H2,1-3H3,(H,22,26)(H,23,25). The Hall–Kier alpha value is -3.22.